The van der Waals surface area contributed by atoms with E-state index >= 15 is 0 Å². The highest BCUT2D eigenvalue weighted by Gasteiger charge is 2.29. The van der Waals surface area contributed by atoms with Crippen molar-refractivity contribution in [3.05, 3.63) is 82.2 Å². The summed E-state index contributed by atoms with van der Waals surface area (Å²) in [6, 6.07) is 8.91. The van der Waals surface area contributed by atoms with Crippen molar-refractivity contribution in [2.45, 2.75) is 39.0 Å². The van der Waals surface area contributed by atoms with E-state index in [2.05, 4.69) is 0 Å². The summed E-state index contributed by atoms with van der Waals surface area (Å²) in [6.45, 7) is 1.55. The second-order valence-corrected chi connectivity index (χ2v) is 8.13. The maximum absolute atomic E-state index is 14.8. The van der Waals surface area contributed by atoms with Crippen LogP contribution in [0.1, 0.15) is 63.2 Å². The Morgan fingerprint density at radius 3 is 2.18 bits per heavy atom. The van der Waals surface area contributed by atoms with Gasteiger partial charge in [-0.05, 0) is 49.4 Å². The van der Waals surface area contributed by atoms with Crippen LogP contribution in [0.3, 0.4) is 0 Å². The van der Waals surface area contributed by atoms with Gasteiger partial charge in [0.15, 0.2) is 0 Å². The molecule has 1 aromatic heterocycles. The van der Waals surface area contributed by atoms with E-state index in [1.54, 1.807) is 12.1 Å². The Kier molecular flexibility index (Phi) is 7.76. The average molecular weight is 456 g/mol. The van der Waals surface area contributed by atoms with E-state index in [0.29, 0.717) is 5.56 Å². The van der Waals surface area contributed by atoms with Gasteiger partial charge >= 0.3 is 5.97 Å². The molecule has 33 heavy (non-hydrogen) atoms. The Morgan fingerprint density at radius 1 is 0.909 bits per heavy atom. The summed E-state index contributed by atoms with van der Waals surface area (Å²) >= 11 is 0. The molecule has 0 spiro atoms. The summed E-state index contributed by atoms with van der Waals surface area (Å²) in [5.74, 6) is -3.29. The number of aliphatic hydroxyl groups excluding tert-OH is 1. The van der Waals surface area contributed by atoms with Gasteiger partial charge in [-0.15, -0.1) is 0 Å². The van der Waals surface area contributed by atoms with Gasteiger partial charge < -0.3 is 14.8 Å². The molecule has 0 saturated heterocycles. The molecule has 2 aromatic carbocycles. The maximum atomic E-state index is 14.8. The normalized spacial score (nSPS) is 11.1. The van der Waals surface area contributed by atoms with E-state index in [9.17, 15) is 23.5 Å². The third-order valence-corrected chi connectivity index (χ3v) is 5.81. The predicted molar refractivity (Wildman–Crippen MR) is 122 cm³/mol. The van der Waals surface area contributed by atoms with Crippen molar-refractivity contribution in [1.29, 1.82) is 0 Å². The van der Waals surface area contributed by atoms with Gasteiger partial charge in [0.2, 0.25) is 5.78 Å². The van der Waals surface area contributed by atoms with Gasteiger partial charge in [0.25, 0.3) is 0 Å². The number of halogens is 2. The molecule has 3 aromatic rings. The lowest BCUT2D eigenvalue weighted by Crippen LogP contribution is -2.10. The number of carbonyl (C=O) groups is 2. The zero-order valence-electron chi connectivity index (χ0n) is 18.7. The van der Waals surface area contributed by atoms with Crippen LogP contribution in [0.5, 0.6) is 0 Å². The van der Waals surface area contributed by atoms with Gasteiger partial charge in [-0.1, -0.05) is 37.1 Å². The molecule has 0 aliphatic heterocycles. The lowest BCUT2D eigenvalue weighted by atomic mass is 9.93. The number of hydrogen-bond acceptors (Lipinski definition) is 3. The van der Waals surface area contributed by atoms with E-state index in [0.717, 1.165) is 49.8 Å². The van der Waals surface area contributed by atoms with Crippen LogP contribution in [0.25, 0.3) is 11.1 Å². The fraction of sp³-hybridized carbons (Fsp3) is 0.308. The lowest BCUT2D eigenvalue weighted by molar-refractivity contribution is 0.0697. The number of aliphatic hydroxyl groups is 1. The zero-order chi connectivity index (χ0) is 24.1. The molecule has 0 radical (unpaired) electrons. The Balaban J connectivity index is 1.98. The van der Waals surface area contributed by atoms with Crippen molar-refractivity contribution >= 4 is 11.8 Å². The Labute approximate surface area is 191 Å². The number of unbranched alkanes of at least 4 members (excludes halogenated alkanes) is 3. The Morgan fingerprint density at radius 2 is 1.55 bits per heavy atom. The molecule has 0 fully saturated rings. The quantitative estimate of drug-likeness (QED) is 0.321. The van der Waals surface area contributed by atoms with E-state index in [1.807, 2.05) is 12.1 Å². The van der Waals surface area contributed by atoms with Crippen LogP contribution in [-0.4, -0.2) is 33.1 Å². The Bertz CT molecular complexity index is 1170. The number of ketones is 1. The zero-order valence-corrected chi connectivity index (χ0v) is 18.7. The number of carboxylic acid groups (broad SMARTS) is 1. The van der Waals surface area contributed by atoms with Crippen molar-refractivity contribution in [2.75, 3.05) is 6.61 Å². The first-order valence-corrected chi connectivity index (χ1v) is 10.9. The van der Waals surface area contributed by atoms with E-state index in [4.69, 9.17) is 5.11 Å². The minimum Gasteiger partial charge on any atom is -0.478 e. The number of nitrogens with zero attached hydrogens (tertiary/aromatic N) is 1. The van der Waals surface area contributed by atoms with E-state index < -0.39 is 23.4 Å². The first-order valence-electron chi connectivity index (χ1n) is 10.9. The first-order chi connectivity index (χ1) is 15.8. The smallest absolute Gasteiger partial charge is 0.337 e. The van der Waals surface area contributed by atoms with Crippen LogP contribution in [0.15, 0.2) is 42.6 Å². The molecule has 0 saturated carbocycles. The first kappa shape index (κ1) is 24.3. The van der Waals surface area contributed by atoms with Crippen LogP contribution in [0.4, 0.5) is 8.78 Å². The standard InChI is InChI=1S/C26H27F2NO4/c1-16-20(27)12-13-21(28)22(16)23-19(26(32)33)15-29(2)24(23)25(31)18-10-8-17(9-11-18)7-5-3-4-6-14-30/h8-13,15,30H,3-7,14H2,1-2H3,(H,32,33). The number of hydrogen-bond donors (Lipinski definition) is 2. The van der Waals surface area contributed by atoms with E-state index in [-0.39, 0.29) is 34.6 Å². The molecule has 3 rings (SSSR count). The van der Waals surface area contributed by atoms with Crippen molar-refractivity contribution in [3.63, 3.8) is 0 Å². The van der Waals surface area contributed by atoms with Crippen molar-refractivity contribution in [2.24, 2.45) is 7.05 Å². The summed E-state index contributed by atoms with van der Waals surface area (Å²) in [5.41, 5.74) is 0.682. The molecule has 2 N–H and O–H groups in total. The molecular weight excluding hydrogens is 428 g/mol. The molecule has 0 bridgehead atoms. The van der Waals surface area contributed by atoms with Crippen molar-refractivity contribution in [1.82, 2.24) is 4.57 Å². The fourth-order valence-corrected chi connectivity index (χ4v) is 4.03. The minimum atomic E-state index is -1.33. The molecule has 0 amide bonds. The number of benzene rings is 2. The second kappa shape index (κ2) is 10.5. The molecule has 174 valence electrons. The molecule has 0 atom stereocenters. The average Bonchev–Trinajstić information content (AvgIpc) is 3.13. The minimum absolute atomic E-state index is 0.0169. The van der Waals surface area contributed by atoms with Gasteiger partial charge in [0.1, 0.15) is 11.6 Å². The van der Waals surface area contributed by atoms with Gasteiger partial charge in [-0.2, -0.15) is 0 Å². The van der Waals surface area contributed by atoms with Crippen LogP contribution in [0.2, 0.25) is 0 Å². The highest BCUT2D eigenvalue weighted by Crippen LogP contribution is 2.36. The van der Waals surface area contributed by atoms with Gasteiger partial charge in [-0.3, -0.25) is 4.79 Å². The predicted octanol–water partition coefficient (Wildman–Crippen LogP) is 5.30. The monoisotopic (exact) mass is 455 g/mol. The Hall–Kier alpha value is -3.32. The van der Waals surface area contributed by atoms with Gasteiger partial charge in [0, 0.05) is 36.5 Å². The van der Waals surface area contributed by atoms with Crippen LogP contribution in [0, 0.1) is 18.6 Å². The van der Waals surface area contributed by atoms with Crippen LogP contribution in [-0.2, 0) is 13.5 Å². The maximum Gasteiger partial charge on any atom is 0.337 e. The number of aromatic carboxylic acids is 1. The molecule has 0 aliphatic rings. The summed E-state index contributed by atoms with van der Waals surface area (Å²) < 4.78 is 30.4. The number of carboxylic acids is 1. The van der Waals surface area contributed by atoms with Crippen LogP contribution >= 0.6 is 0 Å². The number of carbonyl (C=O) groups excluding carboxylic acids is 1. The molecule has 1 heterocycles. The summed E-state index contributed by atoms with van der Waals surface area (Å²) in [4.78, 5) is 25.3. The van der Waals surface area contributed by atoms with Crippen LogP contribution < -0.4 is 0 Å². The highest BCUT2D eigenvalue weighted by molar-refractivity contribution is 6.15. The number of aryl methyl sites for hydroxylation is 2. The van der Waals surface area contributed by atoms with Gasteiger partial charge in [0.05, 0.1) is 11.3 Å². The summed E-state index contributed by atoms with van der Waals surface area (Å²) in [5, 5.41) is 18.5. The molecular formula is C26H27F2NO4. The van der Waals surface area contributed by atoms with Crippen molar-refractivity contribution in [3.8, 4) is 11.1 Å². The topological polar surface area (TPSA) is 79.5 Å². The number of aromatic nitrogens is 1. The van der Waals surface area contributed by atoms with Crippen molar-refractivity contribution < 1.29 is 28.6 Å². The second-order valence-electron chi connectivity index (χ2n) is 8.13. The van der Waals surface area contributed by atoms with Gasteiger partial charge in [-0.25, -0.2) is 13.6 Å². The van der Waals surface area contributed by atoms with E-state index in [1.165, 1.54) is 24.7 Å². The number of rotatable bonds is 10. The molecule has 5 nitrogen and oxygen atoms in total. The third-order valence-electron chi connectivity index (χ3n) is 5.81. The summed E-state index contributed by atoms with van der Waals surface area (Å²) in [6.07, 6.45) is 5.81. The fourth-order valence-electron chi connectivity index (χ4n) is 4.03. The lowest BCUT2D eigenvalue weighted by Gasteiger charge is -2.12. The highest BCUT2D eigenvalue weighted by atomic mass is 19.1. The molecule has 7 heteroatoms. The summed E-state index contributed by atoms with van der Waals surface area (Å²) in [7, 11) is 1.51. The molecule has 0 unspecified atom stereocenters. The SMILES string of the molecule is Cc1c(F)ccc(F)c1-c1c(C(=O)O)cn(C)c1C(=O)c1ccc(CCCCCCO)cc1. The third kappa shape index (κ3) is 5.20. The largest absolute Gasteiger partial charge is 0.478 e. The molecule has 0 aliphatic carbocycles.